The van der Waals surface area contributed by atoms with Crippen molar-refractivity contribution in [2.45, 2.75) is 20.8 Å². The van der Waals surface area contributed by atoms with E-state index < -0.39 is 0 Å². The van der Waals surface area contributed by atoms with E-state index in [9.17, 15) is 4.39 Å². The summed E-state index contributed by atoms with van der Waals surface area (Å²) >= 11 is 1.60. The lowest BCUT2D eigenvalue weighted by molar-refractivity contribution is 0.628. The number of benzene rings is 1. The van der Waals surface area contributed by atoms with Crippen LogP contribution in [0.3, 0.4) is 0 Å². The molecule has 0 aliphatic carbocycles. The molecule has 6 nitrogen and oxygen atoms in total. The summed E-state index contributed by atoms with van der Waals surface area (Å²) in [5.41, 5.74) is 6.04. The molecule has 33 heavy (non-hydrogen) atoms. The predicted octanol–water partition coefficient (Wildman–Crippen LogP) is 5.76. The Labute approximate surface area is 194 Å². The van der Waals surface area contributed by atoms with Crippen molar-refractivity contribution in [3.05, 3.63) is 82.8 Å². The van der Waals surface area contributed by atoms with Crippen LogP contribution in [-0.4, -0.2) is 37.2 Å². The van der Waals surface area contributed by atoms with Gasteiger partial charge in [0.2, 0.25) is 0 Å². The quantitative estimate of drug-likeness (QED) is 0.341. The van der Waals surface area contributed by atoms with Crippen LogP contribution < -0.4 is 0 Å². The molecule has 5 aromatic rings. The molecule has 4 aromatic heterocycles. The van der Waals surface area contributed by atoms with Gasteiger partial charge in [0.05, 0.1) is 32.5 Å². The van der Waals surface area contributed by atoms with E-state index in [0.717, 1.165) is 32.4 Å². The molecule has 0 atom stereocenters. The van der Waals surface area contributed by atoms with E-state index in [-0.39, 0.29) is 5.82 Å². The monoisotopic (exact) mass is 456 g/mol. The molecule has 0 fully saturated rings. The van der Waals surface area contributed by atoms with Crippen LogP contribution in [0.2, 0.25) is 0 Å². The van der Waals surface area contributed by atoms with Crippen molar-refractivity contribution in [1.29, 1.82) is 0 Å². The van der Waals surface area contributed by atoms with Gasteiger partial charge in [0.1, 0.15) is 17.0 Å². The molecule has 0 radical (unpaired) electrons. The number of aliphatic imine (C=N–C) groups is 1. The third-order valence-corrected chi connectivity index (χ3v) is 6.17. The maximum atomic E-state index is 13.8. The number of aromatic nitrogens is 5. The summed E-state index contributed by atoms with van der Waals surface area (Å²) in [6, 6.07) is 12.3. The number of hydrogen-bond donors (Lipinski definition) is 1. The molecular weight excluding hydrogens is 435 g/mol. The zero-order valence-corrected chi connectivity index (χ0v) is 19.2. The van der Waals surface area contributed by atoms with E-state index in [2.05, 4.69) is 15.0 Å². The Morgan fingerprint density at radius 2 is 1.97 bits per heavy atom. The molecule has 0 saturated heterocycles. The van der Waals surface area contributed by atoms with Crippen LogP contribution in [0.1, 0.15) is 29.0 Å². The number of halogens is 1. The minimum Gasteiger partial charge on any atom is -0.336 e. The Morgan fingerprint density at radius 3 is 2.73 bits per heavy atom. The van der Waals surface area contributed by atoms with Crippen molar-refractivity contribution >= 4 is 28.1 Å². The number of imidazole rings is 1. The number of hydrogen-bond acceptors (Lipinski definition) is 6. The zero-order valence-electron chi connectivity index (χ0n) is 18.4. The van der Waals surface area contributed by atoms with Crippen molar-refractivity contribution in [3.63, 3.8) is 0 Å². The highest BCUT2D eigenvalue weighted by molar-refractivity contribution is 7.15. The molecule has 0 bridgehead atoms. The van der Waals surface area contributed by atoms with Crippen molar-refractivity contribution in [2.75, 3.05) is 6.54 Å². The smallest absolute Gasteiger partial charge is 0.159 e. The molecule has 0 spiro atoms. The van der Waals surface area contributed by atoms with Gasteiger partial charge in [-0.25, -0.2) is 19.3 Å². The Bertz CT molecular complexity index is 1500. The van der Waals surface area contributed by atoms with Gasteiger partial charge in [0.15, 0.2) is 5.82 Å². The van der Waals surface area contributed by atoms with Crippen LogP contribution in [-0.2, 0) is 0 Å². The molecule has 0 saturated carbocycles. The van der Waals surface area contributed by atoms with E-state index in [4.69, 9.17) is 15.0 Å². The molecular formula is C25H21FN6S. The normalized spacial score (nSPS) is 11.9. The van der Waals surface area contributed by atoms with Crippen molar-refractivity contribution in [1.82, 2.24) is 24.9 Å². The number of fused-ring (bicyclic) bond motifs is 1. The summed E-state index contributed by atoms with van der Waals surface area (Å²) in [6.45, 7) is 6.55. The second-order valence-electron chi connectivity index (χ2n) is 7.58. The van der Waals surface area contributed by atoms with E-state index in [0.29, 0.717) is 34.9 Å². The van der Waals surface area contributed by atoms with Crippen LogP contribution in [0.4, 0.5) is 4.39 Å². The van der Waals surface area contributed by atoms with Crippen molar-refractivity contribution < 1.29 is 4.39 Å². The highest BCUT2D eigenvalue weighted by Gasteiger charge is 2.19. The lowest BCUT2D eigenvalue weighted by Gasteiger charge is -2.08. The summed E-state index contributed by atoms with van der Waals surface area (Å²) in [6.07, 6.45) is 3.54. The van der Waals surface area contributed by atoms with E-state index >= 15 is 0 Å². The zero-order chi connectivity index (χ0) is 22.9. The van der Waals surface area contributed by atoms with E-state index in [1.54, 1.807) is 23.6 Å². The molecule has 4 heterocycles. The maximum Gasteiger partial charge on any atom is 0.159 e. The largest absolute Gasteiger partial charge is 0.336 e. The van der Waals surface area contributed by atoms with Gasteiger partial charge in [0, 0.05) is 24.5 Å². The molecule has 5 rings (SSSR count). The van der Waals surface area contributed by atoms with Crippen LogP contribution in [0.25, 0.3) is 32.9 Å². The van der Waals surface area contributed by atoms with Gasteiger partial charge in [0.25, 0.3) is 0 Å². The van der Waals surface area contributed by atoms with Gasteiger partial charge in [-0.05, 0) is 50.6 Å². The van der Waals surface area contributed by atoms with Crippen molar-refractivity contribution in [2.24, 2.45) is 4.99 Å². The van der Waals surface area contributed by atoms with Crippen LogP contribution in [0.15, 0.2) is 59.9 Å². The minimum absolute atomic E-state index is 0.315. The Balaban J connectivity index is 1.65. The average Bonchev–Trinajstić information content (AvgIpc) is 3.44. The first-order valence-corrected chi connectivity index (χ1v) is 11.4. The third kappa shape index (κ3) is 4.05. The van der Waals surface area contributed by atoms with E-state index in [1.165, 1.54) is 12.1 Å². The van der Waals surface area contributed by atoms with Gasteiger partial charge >= 0.3 is 0 Å². The summed E-state index contributed by atoms with van der Waals surface area (Å²) in [7, 11) is 0. The topological polar surface area (TPSA) is 79.7 Å². The third-order valence-electron chi connectivity index (χ3n) is 5.23. The highest BCUT2D eigenvalue weighted by atomic mass is 32.1. The number of H-pyrrole nitrogens is 1. The van der Waals surface area contributed by atoms with Crippen molar-refractivity contribution in [3.8, 4) is 21.8 Å². The number of rotatable bonds is 5. The summed E-state index contributed by atoms with van der Waals surface area (Å²) in [4.78, 5) is 27.7. The number of nitrogens with one attached hydrogen (secondary N) is 1. The predicted molar refractivity (Wildman–Crippen MR) is 130 cm³/mol. The Kier molecular flexibility index (Phi) is 5.51. The number of nitrogens with zero attached hydrogens (tertiary/aromatic N) is 5. The van der Waals surface area contributed by atoms with Gasteiger partial charge in [-0.1, -0.05) is 18.2 Å². The Hall–Kier alpha value is -3.78. The second-order valence-corrected chi connectivity index (χ2v) is 8.81. The molecule has 0 unspecified atom stereocenters. The fraction of sp³-hybridized carbons (Fsp3) is 0.160. The van der Waals surface area contributed by atoms with Gasteiger partial charge in [-0.15, -0.1) is 11.3 Å². The maximum absolute atomic E-state index is 13.8. The Morgan fingerprint density at radius 1 is 1.09 bits per heavy atom. The standard InChI is InChI=1S/C25H21FN6S/c1-4-27-24(21-14(2)8-9-18(30-21)20-13-29-15(3)33-20)25-31-19-10-11-28-22(23(19)32-25)16-6-5-7-17(26)12-16/h5-13H,4H2,1-3H3,(H,31,32)/b27-24+. The van der Waals surface area contributed by atoms with Crippen LogP contribution >= 0.6 is 11.3 Å². The molecule has 1 aromatic carbocycles. The fourth-order valence-electron chi connectivity index (χ4n) is 3.70. The van der Waals surface area contributed by atoms with Crippen LogP contribution in [0.5, 0.6) is 0 Å². The number of aromatic amines is 1. The fourth-order valence-corrected chi connectivity index (χ4v) is 4.45. The number of pyridine rings is 2. The van der Waals surface area contributed by atoms with Gasteiger partial charge < -0.3 is 4.98 Å². The highest BCUT2D eigenvalue weighted by Crippen LogP contribution is 2.28. The molecule has 164 valence electrons. The second kappa shape index (κ2) is 8.63. The summed E-state index contributed by atoms with van der Waals surface area (Å²) in [5.74, 6) is 0.288. The summed E-state index contributed by atoms with van der Waals surface area (Å²) < 4.78 is 13.8. The first-order valence-electron chi connectivity index (χ1n) is 10.6. The lowest BCUT2D eigenvalue weighted by atomic mass is 10.1. The molecule has 1 N–H and O–H groups in total. The SMILES string of the molecule is CC/N=C(/c1nc2c(-c3cccc(F)c3)nccc2[nH]1)c1nc(-c2cnc(C)s2)ccc1C. The number of aryl methyl sites for hydroxylation is 2. The van der Waals surface area contributed by atoms with Gasteiger partial charge in [-0.2, -0.15) is 0 Å². The lowest BCUT2D eigenvalue weighted by Crippen LogP contribution is -2.11. The molecule has 0 aliphatic rings. The first kappa shape index (κ1) is 21.1. The number of thiazole rings is 1. The molecule has 0 aliphatic heterocycles. The minimum atomic E-state index is -0.315. The molecule has 8 heteroatoms. The average molecular weight is 457 g/mol. The summed E-state index contributed by atoms with van der Waals surface area (Å²) in [5, 5.41) is 0.992. The van der Waals surface area contributed by atoms with E-state index in [1.807, 2.05) is 51.2 Å². The van der Waals surface area contributed by atoms with Gasteiger partial charge in [-0.3, -0.25) is 9.98 Å². The first-order chi connectivity index (χ1) is 16.0. The van der Waals surface area contributed by atoms with Crippen LogP contribution in [0, 0.1) is 19.7 Å². The molecule has 0 amide bonds.